The number of hydrogen-bond donors (Lipinski definition) is 0. The Balaban J connectivity index is 1.49. The summed E-state index contributed by atoms with van der Waals surface area (Å²) in [7, 11) is 1.76. The maximum atomic E-state index is 12.3. The Labute approximate surface area is 163 Å². The van der Waals surface area contributed by atoms with E-state index in [1.165, 1.54) is 16.9 Å². The van der Waals surface area contributed by atoms with Crippen molar-refractivity contribution in [3.05, 3.63) is 75.7 Å². The van der Waals surface area contributed by atoms with Crippen LogP contribution in [0.15, 0.2) is 54.9 Å². The lowest BCUT2D eigenvalue weighted by Gasteiger charge is -2.15. The molecule has 1 aromatic carbocycles. The normalized spacial score (nSPS) is 10.7. The van der Waals surface area contributed by atoms with Crippen LogP contribution < -0.4 is 0 Å². The number of hydrogen-bond acceptors (Lipinski definition) is 4. The van der Waals surface area contributed by atoms with E-state index in [4.69, 9.17) is 0 Å². The third kappa shape index (κ3) is 5.37. The van der Waals surface area contributed by atoms with Crippen molar-refractivity contribution in [3.63, 3.8) is 0 Å². The summed E-state index contributed by atoms with van der Waals surface area (Å²) < 4.78 is 1.87. The zero-order valence-electron chi connectivity index (χ0n) is 15.6. The van der Waals surface area contributed by atoms with Gasteiger partial charge < -0.3 is 4.90 Å². The summed E-state index contributed by atoms with van der Waals surface area (Å²) >= 11 is 1.48. The minimum absolute atomic E-state index is 0.0329. The molecule has 0 unspecified atom stereocenters. The first-order valence-corrected chi connectivity index (χ1v) is 9.72. The van der Waals surface area contributed by atoms with Gasteiger partial charge in [0.1, 0.15) is 0 Å². The van der Waals surface area contributed by atoms with E-state index in [-0.39, 0.29) is 24.5 Å². The Hall–Kier alpha value is -2.73. The predicted molar refractivity (Wildman–Crippen MR) is 107 cm³/mol. The number of thiophene rings is 1. The van der Waals surface area contributed by atoms with Gasteiger partial charge in [-0.25, -0.2) is 0 Å². The molecule has 0 N–H and O–H groups in total. The van der Waals surface area contributed by atoms with Crippen molar-refractivity contribution in [2.75, 3.05) is 7.05 Å². The lowest BCUT2D eigenvalue weighted by Crippen LogP contribution is -2.26. The molecule has 2 heterocycles. The molecule has 0 spiro atoms. The number of ketones is 1. The second-order valence-electron chi connectivity index (χ2n) is 6.62. The van der Waals surface area contributed by atoms with Crippen molar-refractivity contribution in [2.45, 2.75) is 32.9 Å². The summed E-state index contributed by atoms with van der Waals surface area (Å²) in [6.45, 7) is 3.16. The highest BCUT2D eigenvalue weighted by molar-refractivity contribution is 7.14. The molecule has 0 aliphatic rings. The third-order valence-corrected chi connectivity index (χ3v) is 5.34. The van der Waals surface area contributed by atoms with Crippen LogP contribution in [0.5, 0.6) is 0 Å². The van der Waals surface area contributed by atoms with Crippen LogP contribution >= 0.6 is 11.3 Å². The number of carbonyl (C=O) groups is 2. The van der Waals surface area contributed by atoms with Crippen LogP contribution in [0.1, 0.15) is 38.5 Å². The number of aryl methyl sites for hydroxylation is 1. The molecule has 3 aromatic rings. The zero-order valence-corrected chi connectivity index (χ0v) is 16.4. The summed E-state index contributed by atoms with van der Waals surface area (Å²) in [4.78, 5) is 28.0. The molecule has 0 saturated heterocycles. The van der Waals surface area contributed by atoms with Crippen molar-refractivity contribution < 1.29 is 9.59 Å². The second-order valence-corrected chi connectivity index (χ2v) is 7.90. The van der Waals surface area contributed by atoms with E-state index in [1.807, 2.05) is 48.1 Å². The molecule has 140 valence electrons. The van der Waals surface area contributed by atoms with E-state index in [0.717, 1.165) is 15.3 Å². The first-order valence-electron chi connectivity index (χ1n) is 8.90. The Morgan fingerprint density at radius 3 is 2.56 bits per heavy atom. The Morgan fingerprint density at radius 2 is 1.85 bits per heavy atom. The summed E-state index contributed by atoms with van der Waals surface area (Å²) in [6.07, 6.45) is 4.21. The van der Waals surface area contributed by atoms with Crippen LogP contribution in [0.4, 0.5) is 0 Å². The van der Waals surface area contributed by atoms with Crippen LogP contribution in [0.2, 0.25) is 0 Å². The average Bonchev–Trinajstić information content (AvgIpc) is 3.29. The molecule has 3 rings (SSSR count). The number of amides is 1. The van der Waals surface area contributed by atoms with Crippen molar-refractivity contribution in [2.24, 2.45) is 0 Å². The molecule has 0 atom stereocenters. The van der Waals surface area contributed by atoms with Gasteiger partial charge in [-0.15, -0.1) is 11.3 Å². The molecular weight excluding hydrogens is 358 g/mol. The molecule has 2 aromatic heterocycles. The van der Waals surface area contributed by atoms with Gasteiger partial charge in [-0.2, -0.15) is 5.10 Å². The Bertz CT molecular complexity index is 914. The topological polar surface area (TPSA) is 55.2 Å². The predicted octanol–water partition coefficient (Wildman–Crippen LogP) is 3.92. The van der Waals surface area contributed by atoms with Gasteiger partial charge in [-0.05, 0) is 24.6 Å². The molecule has 27 heavy (non-hydrogen) atoms. The average molecular weight is 382 g/mol. The van der Waals surface area contributed by atoms with E-state index >= 15 is 0 Å². The van der Waals surface area contributed by atoms with E-state index in [9.17, 15) is 9.59 Å². The fourth-order valence-corrected chi connectivity index (χ4v) is 3.66. The van der Waals surface area contributed by atoms with Gasteiger partial charge >= 0.3 is 0 Å². The van der Waals surface area contributed by atoms with Crippen molar-refractivity contribution in [3.8, 4) is 0 Å². The lowest BCUT2D eigenvalue weighted by molar-refractivity contribution is -0.130. The number of carbonyl (C=O) groups excluding carboxylic acids is 2. The number of rotatable bonds is 8. The van der Waals surface area contributed by atoms with Gasteiger partial charge in [0.05, 0.1) is 17.6 Å². The van der Waals surface area contributed by atoms with Gasteiger partial charge in [0.15, 0.2) is 5.78 Å². The molecular formula is C21H23N3O2S. The molecule has 0 bridgehead atoms. The molecule has 0 saturated carbocycles. The first-order chi connectivity index (χ1) is 13.0. The molecule has 5 nitrogen and oxygen atoms in total. The van der Waals surface area contributed by atoms with Crippen molar-refractivity contribution in [1.82, 2.24) is 14.7 Å². The maximum Gasteiger partial charge on any atom is 0.223 e. The van der Waals surface area contributed by atoms with Crippen molar-refractivity contribution >= 4 is 23.0 Å². The highest BCUT2D eigenvalue weighted by atomic mass is 32.1. The number of benzene rings is 1. The number of aromatic nitrogens is 2. The van der Waals surface area contributed by atoms with E-state index < -0.39 is 0 Å². The van der Waals surface area contributed by atoms with Crippen LogP contribution in [-0.4, -0.2) is 33.4 Å². The fraction of sp³-hybridized carbons (Fsp3) is 0.286. The summed E-state index contributed by atoms with van der Waals surface area (Å²) in [5.74, 6) is -0.00188. The Morgan fingerprint density at radius 1 is 1.07 bits per heavy atom. The number of nitrogens with zero attached hydrogens (tertiary/aromatic N) is 3. The molecule has 0 aliphatic heterocycles. The molecule has 0 fully saturated rings. The fourth-order valence-electron chi connectivity index (χ4n) is 2.83. The minimum atomic E-state index is -0.0348. The zero-order chi connectivity index (χ0) is 19.2. The maximum absolute atomic E-state index is 12.3. The van der Waals surface area contributed by atoms with Crippen LogP contribution in [0.25, 0.3) is 0 Å². The largest absolute Gasteiger partial charge is 0.341 e. The minimum Gasteiger partial charge on any atom is -0.341 e. The molecule has 6 heteroatoms. The summed E-state index contributed by atoms with van der Waals surface area (Å²) in [5.41, 5.74) is 2.15. The number of Topliss-reactive ketones (excluding diaryl/α,β-unsaturated/α-hetero) is 1. The van der Waals surface area contributed by atoms with Gasteiger partial charge in [0.25, 0.3) is 0 Å². The highest BCUT2D eigenvalue weighted by Crippen LogP contribution is 2.18. The van der Waals surface area contributed by atoms with Gasteiger partial charge in [-0.1, -0.05) is 30.3 Å². The SMILES string of the molecule is Cc1ccc(C(=O)CCC(=O)N(C)Cc2cnn(Cc3ccccc3)c2)s1. The monoisotopic (exact) mass is 381 g/mol. The van der Waals surface area contributed by atoms with E-state index in [0.29, 0.717) is 13.1 Å². The second kappa shape index (κ2) is 8.77. The van der Waals surface area contributed by atoms with Gasteiger partial charge in [0, 0.05) is 43.1 Å². The van der Waals surface area contributed by atoms with Crippen LogP contribution in [0, 0.1) is 6.92 Å². The van der Waals surface area contributed by atoms with Crippen molar-refractivity contribution in [1.29, 1.82) is 0 Å². The summed E-state index contributed by atoms with van der Waals surface area (Å²) in [5, 5.41) is 4.37. The van der Waals surface area contributed by atoms with E-state index in [2.05, 4.69) is 17.2 Å². The Kier molecular flexibility index (Phi) is 6.19. The molecule has 1 amide bonds. The van der Waals surface area contributed by atoms with Crippen LogP contribution in [0.3, 0.4) is 0 Å². The third-order valence-electron chi connectivity index (χ3n) is 4.30. The lowest BCUT2D eigenvalue weighted by atomic mass is 10.1. The highest BCUT2D eigenvalue weighted by Gasteiger charge is 2.14. The first kappa shape index (κ1) is 19.0. The van der Waals surface area contributed by atoms with Gasteiger partial charge in [0.2, 0.25) is 5.91 Å². The van der Waals surface area contributed by atoms with Crippen LogP contribution in [-0.2, 0) is 17.9 Å². The smallest absolute Gasteiger partial charge is 0.223 e. The van der Waals surface area contributed by atoms with Gasteiger partial charge in [-0.3, -0.25) is 14.3 Å². The molecule has 0 aliphatic carbocycles. The standard InChI is InChI=1S/C21H23N3O2S/c1-16-8-10-20(27-16)19(25)9-11-21(26)23(2)13-18-12-22-24(15-18)14-17-6-4-3-5-7-17/h3-8,10,12,15H,9,11,13-14H2,1-2H3. The quantitative estimate of drug-likeness (QED) is 0.556. The van der Waals surface area contributed by atoms with E-state index in [1.54, 1.807) is 18.1 Å². The molecule has 0 radical (unpaired) electrons. The summed E-state index contributed by atoms with van der Waals surface area (Å²) in [6, 6.07) is 13.9.